The number of nitrogens with zero attached hydrogens (tertiary/aromatic N) is 2. The first-order valence-corrected chi connectivity index (χ1v) is 11.4. The first-order chi connectivity index (χ1) is 14.9. The molecule has 0 fully saturated rings. The summed E-state index contributed by atoms with van der Waals surface area (Å²) in [5.41, 5.74) is 3.40. The largest absolute Gasteiger partial charge is 0.495 e. The van der Waals surface area contributed by atoms with Gasteiger partial charge < -0.3 is 4.74 Å². The van der Waals surface area contributed by atoms with Gasteiger partial charge in [0.15, 0.2) is 0 Å². The number of benzene rings is 3. The average Bonchev–Trinajstić information content (AvgIpc) is 2.78. The molecule has 7 nitrogen and oxygen atoms in total. The number of halogens is 1. The second kappa shape index (κ2) is 10.2. The first kappa shape index (κ1) is 22.5. The van der Waals surface area contributed by atoms with Gasteiger partial charge in [0, 0.05) is 4.47 Å². The number of carbonyl (C=O) groups excluding carboxylic acids is 1. The molecule has 160 valence electrons. The van der Waals surface area contributed by atoms with E-state index in [0.717, 1.165) is 14.3 Å². The van der Waals surface area contributed by atoms with Crippen molar-refractivity contribution >= 4 is 43.8 Å². The first-order valence-electron chi connectivity index (χ1n) is 9.20. The Bertz CT molecular complexity index is 1180. The van der Waals surface area contributed by atoms with E-state index in [-0.39, 0.29) is 10.6 Å². The van der Waals surface area contributed by atoms with Crippen LogP contribution in [-0.2, 0) is 14.8 Å². The molecule has 9 heteroatoms. The van der Waals surface area contributed by atoms with Gasteiger partial charge in [-0.15, -0.1) is 0 Å². The number of hydrogen-bond donors (Lipinski definition) is 1. The molecule has 0 aliphatic heterocycles. The minimum absolute atomic E-state index is 0.0614. The van der Waals surface area contributed by atoms with Crippen LogP contribution < -0.4 is 14.5 Å². The van der Waals surface area contributed by atoms with Gasteiger partial charge in [-0.05, 0) is 42.0 Å². The lowest BCUT2D eigenvalue weighted by molar-refractivity contribution is -0.119. The van der Waals surface area contributed by atoms with Crippen LogP contribution in [0, 0.1) is 0 Å². The van der Waals surface area contributed by atoms with Gasteiger partial charge in [-0.25, -0.2) is 13.8 Å². The number of hydrogen-bond acceptors (Lipinski definition) is 5. The summed E-state index contributed by atoms with van der Waals surface area (Å²) in [6.07, 6.45) is 1.47. The van der Waals surface area contributed by atoms with Crippen LogP contribution in [0.2, 0.25) is 0 Å². The highest BCUT2D eigenvalue weighted by Crippen LogP contribution is 2.31. The van der Waals surface area contributed by atoms with Crippen molar-refractivity contribution in [1.82, 2.24) is 5.43 Å². The van der Waals surface area contributed by atoms with Gasteiger partial charge in [-0.1, -0.05) is 58.4 Å². The molecule has 1 amide bonds. The number of carbonyl (C=O) groups is 1. The average molecular weight is 502 g/mol. The number of nitrogens with one attached hydrogen (secondary N) is 1. The summed E-state index contributed by atoms with van der Waals surface area (Å²) < 4.78 is 33.8. The molecule has 0 aliphatic rings. The van der Waals surface area contributed by atoms with Crippen LogP contribution in [0.4, 0.5) is 5.69 Å². The number of rotatable bonds is 8. The Morgan fingerprint density at radius 3 is 2.48 bits per heavy atom. The highest BCUT2D eigenvalue weighted by Gasteiger charge is 2.29. The van der Waals surface area contributed by atoms with E-state index < -0.39 is 22.5 Å². The number of sulfonamides is 1. The predicted molar refractivity (Wildman–Crippen MR) is 124 cm³/mol. The van der Waals surface area contributed by atoms with Gasteiger partial charge in [0.25, 0.3) is 15.9 Å². The van der Waals surface area contributed by atoms with E-state index in [1.807, 2.05) is 24.3 Å². The molecule has 0 heterocycles. The maximum atomic E-state index is 13.3. The van der Waals surface area contributed by atoms with Gasteiger partial charge in [0.1, 0.15) is 12.3 Å². The summed E-state index contributed by atoms with van der Waals surface area (Å²) in [5, 5.41) is 3.93. The number of hydrazone groups is 1. The zero-order valence-electron chi connectivity index (χ0n) is 16.6. The van der Waals surface area contributed by atoms with Crippen LogP contribution >= 0.6 is 15.9 Å². The fourth-order valence-electron chi connectivity index (χ4n) is 2.79. The van der Waals surface area contributed by atoms with E-state index >= 15 is 0 Å². The maximum absolute atomic E-state index is 13.3. The third-order valence-electron chi connectivity index (χ3n) is 4.22. The van der Waals surface area contributed by atoms with Gasteiger partial charge in [-0.3, -0.25) is 9.10 Å². The second-order valence-corrected chi connectivity index (χ2v) is 9.12. The molecule has 0 unspecified atom stereocenters. The van der Waals surface area contributed by atoms with Crippen molar-refractivity contribution in [2.75, 3.05) is 18.0 Å². The number of anilines is 1. The third kappa shape index (κ3) is 5.71. The minimum atomic E-state index is -4.03. The molecule has 0 aliphatic carbocycles. The Kier molecular flexibility index (Phi) is 7.43. The van der Waals surface area contributed by atoms with Crippen LogP contribution in [0.3, 0.4) is 0 Å². The summed E-state index contributed by atoms with van der Waals surface area (Å²) in [6.45, 7) is -0.479. The maximum Gasteiger partial charge on any atom is 0.264 e. The minimum Gasteiger partial charge on any atom is -0.495 e. The Labute approximate surface area is 189 Å². The third-order valence-corrected chi connectivity index (χ3v) is 6.49. The van der Waals surface area contributed by atoms with E-state index in [2.05, 4.69) is 26.5 Å². The van der Waals surface area contributed by atoms with Gasteiger partial charge in [-0.2, -0.15) is 5.10 Å². The number of methoxy groups -OCH3 is 1. The Balaban J connectivity index is 1.87. The fourth-order valence-corrected chi connectivity index (χ4v) is 4.66. The molecular formula is C22H20BrN3O4S. The number of amides is 1. The topological polar surface area (TPSA) is 88.1 Å². The lowest BCUT2D eigenvalue weighted by Crippen LogP contribution is -2.39. The smallest absolute Gasteiger partial charge is 0.264 e. The molecule has 0 aromatic heterocycles. The molecular weight excluding hydrogens is 482 g/mol. The van der Waals surface area contributed by atoms with Gasteiger partial charge in [0.2, 0.25) is 0 Å². The lowest BCUT2D eigenvalue weighted by atomic mass is 10.2. The molecule has 0 bridgehead atoms. The molecule has 0 spiro atoms. The zero-order valence-corrected chi connectivity index (χ0v) is 19.0. The van der Waals surface area contributed by atoms with Crippen molar-refractivity contribution in [1.29, 1.82) is 0 Å². The van der Waals surface area contributed by atoms with Crippen LogP contribution in [0.25, 0.3) is 0 Å². The summed E-state index contributed by atoms with van der Waals surface area (Å²) >= 11 is 3.36. The molecule has 3 aromatic rings. The lowest BCUT2D eigenvalue weighted by Gasteiger charge is -2.25. The molecule has 0 saturated carbocycles. The zero-order chi connectivity index (χ0) is 22.3. The molecule has 0 atom stereocenters. The quantitative estimate of drug-likeness (QED) is 0.375. The second-order valence-electron chi connectivity index (χ2n) is 6.34. The van der Waals surface area contributed by atoms with Gasteiger partial charge in [0.05, 0.1) is 23.9 Å². The van der Waals surface area contributed by atoms with Crippen molar-refractivity contribution in [3.8, 4) is 5.75 Å². The molecule has 3 aromatic carbocycles. The molecule has 0 saturated heterocycles. The van der Waals surface area contributed by atoms with Crippen LogP contribution in [-0.4, -0.2) is 34.2 Å². The Morgan fingerprint density at radius 2 is 1.77 bits per heavy atom. The normalized spacial score (nSPS) is 11.3. The summed E-state index contributed by atoms with van der Waals surface area (Å²) in [4.78, 5) is 12.6. The highest BCUT2D eigenvalue weighted by atomic mass is 79.9. The standard InChI is InChI=1S/C22H20BrN3O4S/c1-30-21-13-6-5-12-20(21)26(31(28,29)19-10-3-2-4-11-19)16-22(27)25-24-15-17-8-7-9-18(23)14-17/h2-15H,16H2,1H3,(H,25,27)/b24-15+. The van der Waals surface area contributed by atoms with Crippen LogP contribution in [0.5, 0.6) is 5.75 Å². The Morgan fingerprint density at radius 1 is 1.06 bits per heavy atom. The molecule has 0 radical (unpaired) electrons. The summed E-state index contributed by atoms with van der Waals surface area (Å²) in [5.74, 6) is -0.274. The molecule has 3 rings (SSSR count). The van der Waals surface area contributed by atoms with E-state index in [9.17, 15) is 13.2 Å². The summed E-state index contributed by atoms with van der Waals surface area (Å²) in [7, 11) is -2.59. The van der Waals surface area contributed by atoms with Crippen LogP contribution in [0.15, 0.2) is 93.3 Å². The van der Waals surface area contributed by atoms with Crippen molar-refractivity contribution in [3.63, 3.8) is 0 Å². The summed E-state index contributed by atoms with van der Waals surface area (Å²) in [6, 6.07) is 21.9. The van der Waals surface area contributed by atoms with E-state index in [1.165, 1.54) is 25.5 Å². The Hall–Kier alpha value is -3.17. The van der Waals surface area contributed by atoms with Crippen molar-refractivity contribution < 1.29 is 17.9 Å². The predicted octanol–water partition coefficient (Wildman–Crippen LogP) is 3.80. The van der Waals surface area contributed by atoms with E-state index in [0.29, 0.717) is 5.75 Å². The monoisotopic (exact) mass is 501 g/mol. The highest BCUT2D eigenvalue weighted by molar-refractivity contribution is 9.10. The number of para-hydroxylation sites is 2. The molecule has 31 heavy (non-hydrogen) atoms. The van der Waals surface area contributed by atoms with E-state index in [1.54, 1.807) is 42.5 Å². The van der Waals surface area contributed by atoms with Gasteiger partial charge >= 0.3 is 0 Å². The molecule has 1 N–H and O–H groups in total. The fraction of sp³-hybridized carbons (Fsp3) is 0.0909. The SMILES string of the molecule is COc1ccccc1N(CC(=O)N/N=C/c1cccc(Br)c1)S(=O)(=O)c1ccccc1. The van der Waals surface area contributed by atoms with Crippen molar-refractivity contribution in [2.45, 2.75) is 4.90 Å². The van der Waals surface area contributed by atoms with Crippen molar-refractivity contribution in [3.05, 3.63) is 88.9 Å². The number of ether oxygens (including phenoxy) is 1. The van der Waals surface area contributed by atoms with Crippen molar-refractivity contribution in [2.24, 2.45) is 5.10 Å². The van der Waals surface area contributed by atoms with E-state index in [4.69, 9.17) is 4.74 Å². The van der Waals surface area contributed by atoms with Crippen LogP contribution in [0.1, 0.15) is 5.56 Å².